The first kappa shape index (κ1) is 55.3. The van der Waals surface area contributed by atoms with E-state index < -0.39 is 45.4 Å². The number of carbonyl (C=O) groups excluding carboxylic acids is 2. The number of non-ortho nitro benzene ring substituents is 2. The maximum atomic E-state index is 14.1. The van der Waals surface area contributed by atoms with E-state index in [0.717, 1.165) is 9.13 Å². The molecular formula is C54H60N10O14. The Labute approximate surface area is 446 Å². The van der Waals surface area contributed by atoms with Crippen molar-refractivity contribution in [1.29, 1.82) is 0 Å². The van der Waals surface area contributed by atoms with E-state index in [1.165, 1.54) is 71.8 Å². The van der Waals surface area contributed by atoms with Crippen LogP contribution in [0.15, 0.2) is 128 Å². The maximum absolute atomic E-state index is 14.1. The van der Waals surface area contributed by atoms with Gasteiger partial charge in [0.1, 0.15) is 23.1 Å². The maximum Gasteiger partial charge on any atom is 0.418 e. The Morgan fingerprint density at radius 1 is 0.500 bits per heavy atom. The van der Waals surface area contributed by atoms with Crippen molar-refractivity contribution in [2.24, 2.45) is 28.2 Å². The van der Waals surface area contributed by atoms with Gasteiger partial charge < -0.3 is 28.7 Å². The fourth-order valence-corrected chi connectivity index (χ4v) is 9.55. The Kier molecular flexibility index (Phi) is 17.6. The number of rotatable bonds is 20. The summed E-state index contributed by atoms with van der Waals surface area (Å²) >= 11 is 0. The van der Waals surface area contributed by atoms with E-state index in [2.05, 4.69) is 9.80 Å². The van der Waals surface area contributed by atoms with Crippen molar-refractivity contribution in [3.8, 4) is 11.5 Å². The Morgan fingerprint density at radius 2 is 0.859 bits per heavy atom. The largest absolute Gasteiger partial charge is 0.493 e. The van der Waals surface area contributed by atoms with E-state index >= 15 is 0 Å². The number of anilines is 2. The lowest BCUT2D eigenvalue weighted by molar-refractivity contribution is -0.385. The monoisotopic (exact) mass is 1070 g/mol. The molecule has 2 aliphatic heterocycles. The second kappa shape index (κ2) is 24.8. The average Bonchev–Trinajstić information content (AvgIpc) is 3.46. The number of nitrogens with zero attached hydrogens (tertiary/aromatic N) is 10. The molecule has 0 radical (unpaired) electrons. The zero-order chi connectivity index (χ0) is 55.6. The van der Waals surface area contributed by atoms with Crippen molar-refractivity contribution in [2.45, 2.75) is 25.0 Å². The van der Waals surface area contributed by atoms with Crippen molar-refractivity contribution in [1.82, 2.24) is 28.1 Å². The van der Waals surface area contributed by atoms with Gasteiger partial charge in [-0.05, 0) is 36.1 Å². The summed E-state index contributed by atoms with van der Waals surface area (Å²) in [6.45, 7) is 6.37. The Morgan fingerprint density at radius 3 is 1.21 bits per heavy atom. The molecule has 0 spiro atoms. The molecular weight excluding hydrogens is 1010 g/mol. The van der Waals surface area contributed by atoms with Crippen LogP contribution < -0.4 is 41.8 Å². The number of nitro benzene ring substituents is 2. The molecule has 0 amide bonds. The van der Waals surface area contributed by atoms with E-state index in [-0.39, 0.29) is 58.3 Å². The van der Waals surface area contributed by atoms with E-state index in [0.29, 0.717) is 101 Å². The van der Waals surface area contributed by atoms with Gasteiger partial charge in [-0.2, -0.15) is 0 Å². The highest BCUT2D eigenvalue weighted by molar-refractivity contribution is 6.29. The Bertz CT molecular complexity index is 3180. The van der Waals surface area contributed by atoms with Crippen LogP contribution in [0.5, 0.6) is 11.5 Å². The highest BCUT2D eigenvalue weighted by Crippen LogP contribution is 2.38. The number of ether oxygens (including phenoxy) is 4. The van der Waals surface area contributed by atoms with Crippen LogP contribution in [0.2, 0.25) is 0 Å². The molecule has 24 nitrogen and oxygen atoms in total. The van der Waals surface area contributed by atoms with Crippen molar-refractivity contribution < 1.29 is 38.4 Å². The van der Waals surface area contributed by atoms with E-state index in [4.69, 9.17) is 18.9 Å². The molecule has 6 aromatic rings. The van der Waals surface area contributed by atoms with Crippen molar-refractivity contribution in [2.75, 3.05) is 88.5 Å². The number of carbonyl (C=O) groups is 2. The van der Waals surface area contributed by atoms with Crippen LogP contribution in [0, 0.1) is 20.2 Å². The van der Waals surface area contributed by atoms with Crippen LogP contribution in [-0.2, 0) is 47.3 Å². The van der Waals surface area contributed by atoms with Crippen LogP contribution in [0.3, 0.4) is 0 Å². The van der Waals surface area contributed by atoms with Gasteiger partial charge >= 0.3 is 23.3 Å². The van der Waals surface area contributed by atoms with Gasteiger partial charge in [-0.1, -0.05) is 60.7 Å². The molecule has 0 N–H and O–H groups in total. The summed E-state index contributed by atoms with van der Waals surface area (Å²) in [4.78, 5) is 110. The summed E-state index contributed by atoms with van der Waals surface area (Å²) in [5.41, 5.74) is -1.40. The van der Waals surface area contributed by atoms with Crippen LogP contribution >= 0.6 is 0 Å². The minimum atomic E-state index is -1.47. The van der Waals surface area contributed by atoms with Crippen LogP contribution in [0.1, 0.15) is 47.3 Å². The lowest BCUT2D eigenvalue weighted by Crippen LogP contribution is -2.49. The minimum absolute atomic E-state index is 0.0795. The molecule has 4 heterocycles. The molecule has 24 heteroatoms. The van der Waals surface area contributed by atoms with Gasteiger partial charge in [-0.25, -0.2) is 19.2 Å². The smallest absolute Gasteiger partial charge is 0.418 e. The zero-order valence-electron chi connectivity index (χ0n) is 43.6. The molecule has 2 aliphatic rings. The quantitative estimate of drug-likeness (QED) is 0.0349. The van der Waals surface area contributed by atoms with Gasteiger partial charge in [-0.15, -0.1) is 0 Å². The van der Waals surface area contributed by atoms with Crippen molar-refractivity contribution in [3.05, 3.63) is 193 Å². The fraction of sp³-hybridized carbons (Fsp3) is 0.370. The number of nitro groups is 2. The van der Waals surface area contributed by atoms with Gasteiger partial charge in [0.15, 0.2) is 12.2 Å². The first-order chi connectivity index (χ1) is 37.5. The second-order valence-corrected chi connectivity index (χ2v) is 18.9. The van der Waals surface area contributed by atoms with Crippen molar-refractivity contribution in [3.63, 3.8) is 0 Å². The summed E-state index contributed by atoms with van der Waals surface area (Å²) < 4.78 is 29.4. The molecule has 2 aromatic heterocycles. The number of hydrogen-bond acceptors (Lipinski definition) is 18. The molecule has 2 saturated heterocycles. The average molecular weight is 1070 g/mol. The number of benzene rings is 4. The predicted octanol–water partition coefficient (Wildman–Crippen LogP) is 3.45. The highest BCUT2D eigenvalue weighted by atomic mass is 16.6. The first-order valence-corrected chi connectivity index (χ1v) is 25.3. The van der Waals surface area contributed by atoms with Gasteiger partial charge in [0, 0.05) is 141 Å². The fourth-order valence-electron chi connectivity index (χ4n) is 9.55. The summed E-state index contributed by atoms with van der Waals surface area (Å²) in [6.07, 6.45) is -1.79. The zero-order valence-corrected chi connectivity index (χ0v) is 43.6. The van der Waals surface area contributed by atoms with E-state index in [9.17, 15) is 49.0 Å². The molecule has 78 heavy (non-hydrogen) atoms. The molecule has 410 valence electrons. The molecule has 4 aromatic carbocycles. The number of piperazine rings is 2. The van der Waals surface area contributed by atoms with Gasteiger partial charge in [0.05, 0.1) is 23.1 Å². The van der Waals surface area contributed by atoms with Gasteiger partial charge in [0.2, 0.25) is 0 Å². The SMILES string of the molecule is Cn1c(N2CCN(CCCOc3ccc([N+](=O)[O-])cc3C(OC(=O)C(=O)OC(c3ccccc3)c3cc([N+](=O)[O-])ccc3OCCCN3CCN(c4cc(=O)n(C)c(=O)n4C)CC3)c3ccccc3)CC2)cc(=O)n(C)c1=O. The third-order valence-electron chi connectivity index (χ3n) is 13.9. The number of hydrogen-bond donors (Lipinski definition) is 0. The van der Waals surface area contributed by atoms with Crippen LogP contribution in [-0.4, -0.2) is 129 Å². The van der Waals surface area contributed by atoms with E-state index in [1.807, 2.05) is 9.80 Å². The minimum Gasteiger partial charge on any atom is -0.493 e. The van der Waals surface area contributed by atoms with E-state index in [1.54, 1.807) is 74.8 Å². The number of esters is 2. The molecule has 0 saturated carbocycles. The lowest BCUT2D eigenvalue weighted by Gasteiger charge is -2.36. The molecule has 0 aliphatic carbocycles. The second-order valence-electron chi connectivity index (χ2n) is 18.9. The lowest BCUT2D eigenvalue weighted by atomic mass is 9.99. The molecule has 8 rings (SSSR count). The van der Waals surface area contributed by atoms with Crippen molar-refractivity contribution >= 4 is 34.9 Å². The normalized spacial score (nSPS) is 14.8. The summed E-state index contributed by atoms with van der Waals surface area (Å²) in [6, 6.07) is 27.2. The highest BCUT2D eigenvalue weighted by Gasteiger charge is 2.33. The molecule has 0 bridgehead atoms. The first-order valence-electron chi connectivity index (χ1n) is 25.3. The van der Waals surface area contributed by atoms with Crippen LogP contribution in [0.4, 0.5) is 23.0 Å². The third-order valence-corrected chi connectivity index (χ3v) is 13.9. The van der Waals surface area contributed by atoms with Gasteiger partial charge in [0.25, 0.3) is 22.5 Å². The Hall–Kier alpha value is -8.90. The molecule has 2 fully saturated rings. The Balaban J connectivity index is 0.949. The predicted molar refractivity (Wildman–Crippen MR) is 286 cm³/mol. The summed E-state index contributed by atoms with van der Waals surface area (Å²) in [5, 5.41) is 24.3. The molecule has 2 unspecified atom stereocenters. The summed E-state index contributed by atoms with van der Waals surface area (Å²) in [7, 11) is 6.12. The number of aromatic nitrogens is 4. The topological polar surface area (TPSA) is 258 Å². The third kappa shape index (κ3) is 12.8. The van der Waals surface area contributed by atoms with Crippen LogP contribution in [0.25, 0.3) is 0 Å². The standard InChI is InChI=1S/C54H60N10O14/c1-55-45(35-47(65)57(3)53(55)69)61-27-23-59(24-28-61)21-11-31-75-43-19-17-39(63(71)72)33-41(43)49(37-13-7-5-8-14-37)77-51(67)52(68)78-50(38-15-9-6-10-16-38)42-34-40(64(73)74)18-20-44(42)76-32-12-22-60-25-29-62(30-26-60)46-36-48(66)58(4)54(70)56(46)2/h5-10,13-20,33-36,49-50H,11-12,21-32H2,1-4H3. The molecule has 2 atom stereocenters. The van der Waals surface area contributed by atoms with Gasteiger partial charge in [-0.3, -0.25) is 57.9 Å². The summed E-state index contributed by atoms with van der Waals surface area (Å²) in [5.74, 6) is -1.54.